The highest BCUT2D eigenvalue weighted by Crippen LogP contribution is 2.09. The van der Waals surface area contributed by atoms with Crippen LogP contribution in [0.4, 0.5) is 0 Å². The van der Waals surface area contributed by atoms with Crippen LogP contribution in [0.5, 0.6) is 0 Å². The van der Waals surface area contributed by atoms with Crippen LogP contribution in [-0.4, -0.2) is 41.4 Å². The maximum Gasteiger partial charge on any atom is 0.247 e. The minimum atomic E-state index is -0.609. The van der Waals surface area contributed by atoms with Gasteiger partial charge in [0.1, 0.15) is 19.4 Å². The predicted molar refractivity (Wildman–Crippen MR) is 76.9 cm³/mol. The number of hydrogen-bond acceptors (Lipinski definition) is 4. The van der Waals surface area contributed by atoms with E-state index < -0.39 is 31.2 Å². The molecular weight excluding hydrogens is 260 g/mol. The molecule has 0 saturated carbocycles. The quantitative estimate of drug-likeness (QED) is 0.313. The van der Waals surface area contributed by atoms with Gasteiger partial charge in [-0.25, -0.2) is 0 Å². The zero-order valence-corrected chi connectivity index (χ0v) is 12.4. The lowest BCUT2D eigenvalue weighted by Crippen LogP contribution is -2.49. The predicted octanol–water partition coefficient (Wildman–Crippen LogP) is 0.670. The molecule has 0 rings (SSSR count). The molecule has 20 heavy (non-hydrogen) atoms. The van der Waals surface area contributed by atoms with E-state index in [1.54, 1.807) is 0 Å². The van der Waals surface area contributed by atoms with Gasteiger partial charge in [0, 0.05) is 0 Å². The molecule has 0 spiro atoms. The zero-order chi connectivity index (χ0) is 15.2. The Bertz CT molecular complexity index is 254. The normalized spacial score (nSPS) is 10.6. The van der Waals surface area contributed by atoms with Gasteiger partial charge in [-0.15, -0.1) is 0 Å². The molecular formula is C14H28N2O4. The Morgan fingerprint density at radius 2 is 1.30 bits per heavy atom. The van der Waals surface area contributed by atoms with Gasteiger partial charge in [-0.05, 0) is 12.8 Å². The molecule has 6 heteroatoms. The fraction of sp³-hybridized carbons (Fsp3) is 0.857. The molecule has 0 aromatic heterocycles. The average molecular weight is 288 g/mol. The van der Waals surface area contributed by atoms with Crippen LogP contribution in [-0.2, 0) is 9.59 Å². The summed E-state index contributed by atoms with van der Waals surface area (Å²) in [6, 6.07) is 0. The van der Waals surface area contributed by atoms with E-state index in [0.29, 0.717) is 6.42 Å². The summed E-state index contributed by atoms with van der Waals surface area (Å²) in [7, 11) is 0. The molecule has 0 unspecified atom stereocenters. The number of aliphatic hydroxyl groups excluding tert-OH is 2. The fourth-order valence-corrected chi connectivity index (χ4v) is 1.97. The highest BCUT2D eigenvalue weighted by Gasteiger charge is 2.13. The Labute approximate surface area is 120 Å². The first kappa shape index (κ1) is 18.9. The van der Waals surface area contributed by atoms with Crippen molar-refractivity contribution in [2.75, 3.05) is 13.2 Å². The van der Waals surface area contributed by atoms with Crippen LogP contribution < -0.4 is 10.6 Å². The number of hydrogen-bond donors (Lipinski definition) is 4. The van der Waals surface area contributed by atoms with E-state index in [1.165, 1.54) is 25.7 Å². The van der Waals surface area contributed by atoms with Crippen molar-refractivity contribution in [2.24, 2.45) is 0 Å². The van der Waals surface area contributed by atoms with Crippen molar-refractivity contribution in [2.45, 2.75) is 64.5 Å². The van der Waals surface area contributed by atoms with Crippen LogP contribution in [0.15, 0.2) is 0 Å². The number of rotatable bonds is 12. The SMILES string of the molecule is CCCCCCCCCC(NC(=O)CO)NC(=O)CO. The van der Waals surface area contributed by atoms with Crippen LogP contribution in [0, 0.1) is 0 Å². The largest absolute Gasteiger partial charge is 0.387 e. The second kappa shape index (κ2) is 12.9. The number of nitrogens with one attached hydrogen (secondary N) is 2. The van der Waals surface area contributed by atoms with Gasteiger partial charge in [-0.1, -0.05) is 45.4 Å². The lowest BCUT2D eigenvalue weighted by molar-refractivity contribution is -0.127. The van der Waals surface area contributed by atoms with Gasteiger partial charge >= 0.3 is 0 Å². The van der Waals surface area contributed by atoms with E-state index in [9.17, 15) is 9.59 Å². The summed E-state index contributed by atoms with van der Waals surface area (Å²) in [5.74, 6) is -1.06. The second-order valence-electron chi connectivity index (χ2n) is 4.91. The summed E-state index contributed by atoms with van der Waals surface area (Å²) in [4.78, 5) is 22.2. The Kier molecular flexibility index (Phi) is 12.1. The minimum absolute atomic E-state index is 0.523. The first-order chi connectivity index (χ1) is 9.63. The third kappa shape index (κ3) is 10.8. The van der Waals surface area contributed by atoms with E-state index in [4.69, 9.17) is 10.2 Å². The summed E-state index contributed by atoms with van der Waals surface area (Å²) >= 11 is 0. The van der Waals surface area contributed by atoms with Crippen LogP contribution >= 0.6 is 0 Å². The number of unbranched alkanes of at least 4 members (excludes halogenated alkanes) is 6. The lowest BCUT2D eigenvalue weighted by atomic mass is 10.1. The van der Waals surface area contributed by atoms with Crippen LogP contribution in [0.25, 0.3) is 0 Å². The number of aliphatic hydroxyl groups is 2. The van der Waals surface area contributed by atoms with Crippen molar-refractivity contribution < 1.29 is 19.8 Å². The van der Waals surface area contributed by atoms with Crippen molar-refractivity contribution in [3.63, 3.8) is 0 Å². The smallest absolute Gasteiger partial charge is 0.247 e. The molecule has 118 valence electrons. The summed E-state index contributed by atoms with van der Waals surface area (Å²) in [6.07, 6.45) is 8.11. The molecule has 6 nitrogen and oxygen atoms in total. The highest BCUT2D eigenvalue weighted by atomic mass is 16.3. The number of carbonyl (C=O) groups excluding carboxylic acids is 2. The Hall–Kier alpha value is -1.14. The number of amides is 2. The molecule has 0 aromatic rings. The van der Waals surface area contributed by atoms with Crippen molar-refractivity contribution in [1.82, 2.24) is 10.6 Å². The van der Waals surface area contributed by atoms with Crippen molar-refractivity contribution in [3.8, 4) is 0 Å². The third-order valence-corrected chi connectivity index (χ3v) is 3.05. The lowest BCUT2D eigenvalue weighted by Gasteiger charge is -2.19. The second-order valence-corrected chi connectivity index (χ2v) is 4.91. The summed E-state index contributed by atoms with van der Waals surface area (Å²) < 4.78 is 0. The Morgan fingerprint density at radius 1 is 0.850 bits per heavy atom. The average Bonchev–Trinajstić information content (AvgIpc) is 2.45. The maximum atomic E-state index is 11.1. The molecule has 0 aromatic carbocycles. The molecule has 0 aliphatic carbocycles. The zero-order valence-electron chi connectivity index (χ0n) is 12.4. The first-order valence-corrected chi connectivity index (χ1v) is 7.44. The maximum absolute atomic E-state index is 11.1. The molecule has 0 radical (unpaired) electrons. The molecule has 4 N–H and O–H groups in total. The van der Waals surface area contributed by atoms with E-state index >= 15 is 0 Å². The van der Waals surface area contributed by atoms with Gasteiger partial charge in [0.2, 0.25) is 11.8 Å². The van der Waals surface area contributed by atoms with Crippen molar-refractivity contribution in [1.29, 1.82) is 0 Å². The van der Waals surface area contributed by atoms with Gasteiger partial charge in [0.15, 0.2) is 0 Å². The molecule has 0 aliphatic rings. The third-order valence-electron chi connectivity index (χ3n) is 3.05. The molecule has 0 aliphatic heterocycles. The van der Waals surface area contributed by atoms with E-state index in [2.05, 4.69) is 17.6 Å². The standard InChI is InChI=1S/C14H28N2O4/c1-2-3-4-5-6-7-8-9-12(15-13(19)10-17)16-14(20)11-18/h12,17-18H,2-11H2,1H3,(H,15,19)(H,16,20). The van der Waals surface area contributed by atoms with E-state index in [1.807, 2.05) is 0 Å². The summed E-state index contributed by atoms with van der Waals surface area (Å²) in [5.41, 5.74) is 0. The first-order valence-electron chi connectivity index (χ1n) is 7.44. The summed E-state index contributed by atoms with van der Waals surface area (Å²) in [5, 5.41) is 22.4. The minimum Gasteiger partial charge on any atom is -0.387 e. The van der Waals surface area contributed by atoms with Gasteiger partial charge < -0.3 is 20.8 Å². The molecule has 0 fully saturated rings. The fourth-order valence-electron chi connectivity index (χ4n) is 1.97. The van der Waals surface area contributed by atoms with Crippen LogP contribution in [0.3, 0.4) is 0 Å². The van der Waals surface area contributed by atoms with E-state index in [-0.39, 0.29) is 0 Å². The highest BCUT2D eigenvalue weighted by molar-refractivity contribution is 5.80. The monoisotopic (exact) mass is 288 g/mol. The number of carbonyl (C=O) groups is 2. The van der Waals surface area contributed by atoms with Crippen LogP contribution in [0.2, 0.25) is 0 Å². The molecule has 0 atom stereocenters. The van der Waals surface area contributed by atoms with Gasteiger partial charge in [0.05, 0.1) is 0 Å². The van der Waals surface area contributed by atoms with E-state index in [0.717, 1.165) is 19.3 Å². The molecule has 2 amide bonds. The van der Waals surface area contributed by atoms with Crippen molar-refractivity contribution >= 4 is 11.8 Å². The topological polar surface area (TPSA) is 98.7 Å². The molecule has 0 heterocycles. The van der Waals surface area contributed by atoms with Crippen LogP contribution in [0.1, 0.15) is 58.3 Å². The van der Waals surface area contributed by atoms with Gasteiger partial charge in [-0.3, -0.25) is 9.59 Å². The Balaban J connectivity index is 3.85. The molecule has 0 saturated heterocycles. The van der Waals surface area contributed by atoms with Crippen molar-refractivity contribution in [3.05, 3.63) is 0 Å². The Morgan fingerprint density at radius 3 is 1.75 bits per heavy atom. The summed E-state index contributed by atoms with van der Waals surface area (Å²) in [6.45, 7) is 0.962. The molecule has 0 bridgehead atoms. The van der Waals surface area contributed by atoms with Gasteiger partial charge in [-0.2, -0.15) is 0 Å². The van der Waals surface area contributed by atoms with Gasteiger partial charge in [0.25, 0.3) is 0 Å².